The normalized spacial score (nSPS) is 21.5. The van der Waals surface area contributed by atoms with Gasteiger partial charge in [0, 0.05) is 52.8 Å². The second-order valence-corrected chi connectivity index (χ2v) is 20.6. The molecule has 1 aliphatic carbocycles. The quantitative estimate of drug-likeness (QED) is 0.0741. The third-order valence-corrected chi connectivity index (χ3v) is 14.2. The number of nitrogens with one attached hydrogen (secondary N) is 1. The van der Waals surface area contributed by atoms with E-state index < -0.39 is 6.10 Å². The summed E-state index contributed by atoms with van der Waals surface area (Å²) >= 11 is 0. The molecule has 0 radical (unpaired) electrons. The highest BCUT2D eigenvalue weighted by Gasteiger charge is 2.42. The van der Waals surface area contributed by atoms with Crippen molar-refractivity contribution < 1.29 is 19.7 Å². The van der Waals surface area contributed by atoms with E-state index in [1.165, 1.54) is 95.5 Å². The summed E-state index contributed by atoms with van der Waals surface area (Å²) in [6.07, 6.45) is 26.5. The Bertz CT molecular complexity index is 2120. The minimum absolute atomic E-state index is 0.0181. The summed E-state index contributed by atoms with van der Waals surface area (Å²) in [5.41, 5.74) is 14.7. The number of aliphatic hydroxyl groups excluding tert-OH is 2. The lowest BCUT2D eigenvalue weighted by Gasteiger charge is -2.20. The number of hydrogen-bond donors (Lipinski definition) is 3. The van der Waals surface area contributed by atoms with Crippen LogP contribution in [-0.2, 0) is 9.53 Å². The number of nitrogens with zero attached hydrogens (tertiary/aromatic N) is 3. The van der Waals surface area contributed by atoms with Crippen molar-refractivity contribution in [2.24, 2.45) is 32.2 Å². The Balaban J connectivity index is 1.14. The molecule has 5 heterocycles. The highest BCUT2D eigenvalue weighted by Crippen LogP contribution is 2.48. The Morgan fingerprint density at radius 2 is 1.38 bits per heavy atom. The summed E-state index contributed by atoms with van der Waals surface area (Å²) in [4.78, 5) is 29.0. The lowest BCUT2D eigenvalue weighted by Crippen LogP contribution is -2.16. The van der Waals surface area contributed by atoms with Crippen LogP contribution in [0.5, 0.6) is 0 Å². The number of hydrogen-bond acceptors (Lipinski definition) is 8. The van der Waals surface area contributed by atoms with Gasteiger partial charge in [0.25, 0.3) is 0 Å². The summed E-state index contributed by atoms with van der Waals surface area (Å²) in [6, 6.07) is 0. The molecule has 8 bridgehead atoms. The minimum Gasteiger partial charge on any atom is -0.511 e. The summed E-state index contributed by atoms with van der Waals surface area (Å²) in [6.45, 7) is 21.8. The minimum atomic E-state index is -0.720. The zero-order valence-electron chi connectivity index (χ0n) is 40.8. The second-order valence-electron chi connectivity index (χ2n) is 20.6. The van der Waals surface area contributed by atoms with Gasteiger partial charge in [-0.15, -0.1) is 0 Å². The van der Waals surface area contributed by atoms with Crippen LogP contribution in [0.3, 0.4) is 0 Å². The molecule has 1 unspecified atom stereocenters. The van der Waals surface area contributed by atoms with E-state index in [0.717, 1.165) is 104 Å². The van der Waals surface area contributed by atoms with E-state index in [0.29, 0.717) is 31.6 Å². The van der Waals surface area contributed by atoms with Crippen molar-refractivity contribution in [1.82, 2.24) is 5.32 Å². The lowest BCUT2D eigenvalue weighted by molar-refractivity contribution is -0.144. The third kappa shape index (κ3) is 11.6. The van der Waals surface area contributed by atoms with Gasteiger partial charge in [0.15, 0.2) is 0 Å². The van der Waals surface area contributed by atoms with Crippen LogP contribution in [0.2, 0.25) is 0 Å². The highest BCUT2D eigenvalue weighted by atomic mass is 16.5. The molecule has 0 saturated carbocycles. The number of allylic oxidation sites excluding steroid dienone is 11. The average molecular weight is 861 g/mol. The maximum Gasteiger partial charge on any atom is 0.305 e. The molecule has 8 nitrogen and oxygen atoms in total. The molecule has 6 rings (SSSR count). The second kappa shape index (κ2) is 21.8. The standard InChI is InChI=1S/C55H80N4O4/c1-11-12-13-14-15-16-17-18-19-20-21-22-23-24-25-26-29-63-48(62)28-27-40-35(3)51-38(6)52-37(5)49(39(7)60)46(58-52)32-43-34(2)42(33-55(8,9)10)45(56-43)31-44-36(4)50-47(61)30-41(53(40)59-51)54(50)57-44/h31-32,35,39-40,59-61H,11-30,33H2,1-10H3/t35-,39?,40-/m0/s1. The van der Waals surface area contributed by atoms with Crippen LogP contribution >= 0.6 is 0 Å². The Kier molecular flexibility index (Phi) is 16.7. The molecule has 3 N–H and O–H groups in total. The molecule has 0 amide bonds. The molecule has 0 spiro atoms. The van der Waals surface area contributed by atoms with E-state index in [1.54, 1.807) is 0 Å². The Hall–Kier alpha value is -4.04. The van der Waals surface area contributed by atoms with Crippen molar-refractivity contribution in [2.75, 3.05) is 6.61 Å². The number of esters is 1. The van der Waals surface area contributed by atoms with E-state index in [9.17, 15) is 15.0 Å². The fourth-order valence-corrected chi connectivity index (χ4v) is 10.6. The van der Waals surface area contributed by atoms with Gasteiger partial charge in [0.1, 0.15) is 5.76 Å². The van der Waals surface area contributed by atoms with Gasteiger partial charge in [-0.25, -0.2) is 15.0 Å². The molecule has 0 aromatic rings. The number of fused-ring (bicyclic) bond motifs is 5. The van der Waals surface area contributed by atoms with Gasteiger partial charge in [0.2, 0.25) is 0 Å². The molecule has 0 aromatic heterocycles. The smallest absolute Gasteiger partial charge is 0.305 e. The predicted octanol–water partition coefficient (Wildman–Crippen LogP) is 14.0. The van der Waals surface area contributed by atoms with Gasteiger partial charge in [-0.3, -0.25) is 4.79 Å². The maximum absolute atomic E-state index is 13.3. The van der Waals surface area contributed by atoms with E-state index in [2.05, 4.69) is 66.8 Å². The fourth-order valence-electron chi connectivity index (χ4n) is 10.6. The number of unbranched alkanes of at least 4 members (excludes halogenated alkanes) is 15. The zero-order chi connectivity index (χ0) is 45.4. The van der Waals surface area contributed by atoms with Gasteiger partial charge >= 0.3 is 5.97 Å². The van der Waals surface area contributed by atoms with Crippen LogP contribution in [0, 0.1) is 17.3 Å². The van der Waals surface area contributed by atoms with Crippen LogP contribution < -0.4 is 5.32 Å². The number of carbonyl (C=O) groups excluding carboxylic acids is 1. The molecule has 344 valence electrons. The Morgan fingerprint density at radius 3 is 1.97 bits per heavy atom. The fraction of sp³-hybridized carbons (Fsp3) is 0.636. The summed E-state index contributed by atoms with van der Waals surface area (Å²) < 4.78 is 5.82. The third-order valence-electron chi connectivity index (χ3n) is 14.2. The van der Waals surface area contributed by atoms with Gasteiger partial charge in [-0.2, -0.15) is 0 Å². The molecule has 1 saturated heterocycles. The van der Waals surface area contributed by atoms with Crippen molar-refractivity contribution in [3.05, 3.63) is 91.0 Å². The number of aliphatic hydroxyl groups is 2. The number of rotatable bonds is 22. The van der Waals surface area contributed by atoms with Crippen LogP contribution in [-0.4, -0.2) is 46.0 Å². The molecule has 8 heteroatoms. The van der Waals surface area contributed by atoms with Crippen LogP contribution in [0.25, 0.3) is 0 Å². The molecule has 63 heavy (non-hydrogen) atoms. The monoisotopic (exact) mass is 861 g/mol. The van der Waals surface area contributed by atoms with E-state index in [-0.39, 0.29) is 23.2 Å². The zero-order valence-corrected chi connectivity index (χ0v) is 40.8. The summed E-state index contributed by atoms with van der Waals surface area (Å²) in [5.74, 6) is 0.182. The van der Waals surface area contributed by atoms with Gasteiger partial charge in [-0.05, 0) is 99.3 Å². The maximum atomic E-state index is 13.3. The largest absolute Gasteiger partial charge is 0.511 e. The molecule has 5 aliphatic heterocycles. The predicted molar refractivity (Wildman–Crippen MR) is 262 cm³/mol. The molecule has 1 fully saturated rings. The van der Waals surface area contributed by atoms with Gasteiger partial charge < -0.3 is 20.3 Å². The van der Waals surface area contributed by atoms with E-state index in [1.807, 2.05) is 19.9 Å². The molecular weight excluding hydrogens is 781 g/mol. The first-order valence-electron chi connectivity index (χ1n) is 24.9. The van der Waals surface area contributed by atoms with Crippen molar-refractivity contribution in [1.29, 1.82) is 0 Å². The molecule has 6 aliphatic rings. The van der Waals surface area contributed by atoms with Crippen LogP contribution in [0.1, 0.15) is 198 Å². The highest BCUT2D eigenvalue weighted by molar-refractivity contribution is 6.21. The molecule has 3 atom stereocenters. The van der Waals surface area contributed by atoms with Crippen LogP contribution in [0.15, 0.2) is 106 Å². The summed E-state index contributed by atoms with van der Waals surface area (Å²) in [5, 5.41) is 26.6. The van der Waals surface area contributed by atoms with Crippen molar-refractivity contribution in [3.63, 3.8) is 0 Å². The number of carbonyl (C=O) groups is 1. The number of aliphatic imine (C=N–C) groups is 3. The SMILES string of the molecule is CCCCCCCCCCCCCCCCCCOC(=O)CC[C@@H]1C2=C3CC(O)=C4C3=NC(=C4C)C=C3N=C(C=C4N=C(C(C)=C4C(C)O)C(C)=C(N2)[C@H]1C)C(C)=C3CC(C)(C)C. The van der Waals surface area contributed by atoms with Crippen molar-refractivity contribution in [2.45, 2.75) is 204 Å². The van der Waals surface area contributed by atoms with Crippen molar-refractivity contribution in [3.8, 4) is 0 Å². The summed E-state index contributed by atoms with van der Waals surface area (Å²) in [7, 11) is 0. The Morgan fingerprint density at radius 1 is 0.778 bits per heavy atom. The van der Waals surface area contributed by atoms with Crippen molar-refractivity contribution >= 4 is 23.1 Å². The first-order valence-corrected chi connectivity index (χ1v) is 24.9. The van der Waals surface area contributed by atoms with E-state index in [4.69, 9.17) is 19.7 Å². The topological polar surface area (TPSA) is 116 Å². The van der Waals surface area contributed by atoms with E-state index >= 15 is 0 Å². The lowest BCUT2D eigenvalue weighted by atomic mass is 9.84. The van der Waals surface area contributed by atoms with Gasteiger partial charge in [-0.1, -0.05) is 131 Å². The Labute approximate surface area is 380 Å². The average Bonchev–Trinajstić information content (AvgIpc) is 3.99. The molecule has 0 aromatic carbocycles. The first kappa shape index (κ1) is 48.4. The van der Waals surface area contributed by atoms with Crippen LogP contribution in [0.4, 0.5) is 0 Å². The van der Waals surface area contributed by atoms with Gasteiger partial charge in [0.05, 0.1) is 46.9 Å². The molecular formula is C55H80N4O4. The first-order chi connectivity index (χ1) is 30.1. The number of ether oxygens (including phenoxy) is 1.